The minimum Gasteiger partial charge on any atom is -0.497 e. The molecule has 1 heterocycles. The van der Waals surface area contributed by atoms with Crippen molar-refractivity contribution in [3.8, 4) is 5.75 Å². The zero-order valence-electron chi connectivity index (χ0n) is 15.1. The normalized spacial score (nSPS) is 18.4. The summed E-state index contributed by atoms with van der Waals surface area (Å²) in [5.74, 6) is 0.397. The fourth-order valence-corrected chi connectivity index (χ4v) is 3.24. The van der Waals surface area contributed by atoms with Gasteiger partial charge in [0.1, 0.15) is 5.75 Å². The van der Waals surface area contributed by atoms with E-state index in [9.17, 15) is 9.59 Å². The largest absolute Gasteiger partial charge is 0.497 e. The molecule has 1 fully saturated rings. The van der Waals surface area contributed by atoms with Gasteiger partial charge in [-0.1, -0.05) is 12.1 Å². The van der Waals surface area contributed by atoms with Gasteiger partial charge >= 0.3 is 5.97 Å². The predicted molar refractivity (Wildman–Crippen MR) is 95.5 cm³/mol. The minimum atomic E-state index is -0.728. The molecule has 1 amide bonds. The summed E-state index contributed by atoms with van der Waals surface area (Å²) in [4.78, 5) is 27.2. The number of hydrogen-bond donors (Lipinski definition) is 1. The van der Waals surface area contributed by atoms with E-state index in [1.807, 2.05) is 31.3 Å². The molecule has 1 saturated heterocycles. The molecule has 6 nitrogen and oxygen atoms in total. The number of carboxylic acids is 1. The van der Waals surface area contributed by atoms with Gasteiger partial charge in [0.2, 0.25) is 5.91 Å². The summed E-state index contributed by atoms with van der Waals surface area (Å²) in [7, 11) is 3.45. The smallest absolute Gasteiger partial charge is 0.303 e. The maximum absolute atomic E-state index is 12.5. The average Bonchev–Trinajstić information content (AvgIpc) is 2.80. The molecule has 1 atom stereocenters. The van der Waals surface area contributed by atoms with Crippen LogP contribution in [-0.2, 0) is 16.1 Å². The van der Waals surface area contributed by atoms with Gasteiger partial charge in [0.05, 0.1) is 13.7 Å². The number of nitrogens with zero attached hydrogens (tertiary/aromatic N) is 2. The molecule has 1 aliphatic heterocycles. The van der Waals surface area contributed by atoms with Crippen LogP contribution in [0.4, 0.5) is 0 Å². The van der Waals surface area contributed by atoms with E-state index in [4.69, 9.17) is 9.84 Å². The first kappa shape index (κ1) is 19.2. The zero-order chi connectivity index (χ0) is 18.2. The molecule has 1 N–H and O–H groups in total. The molecule has 1 aromatic rings. The lowest BCUT2D eigenvalue weighted by Gasteiger charge is -2.24. The van der Waals surface area contributed by atoms with Crippen LogP contribution in [-0.4, -0.2) is 60.6 Å². The SMILES string of the molecule is COc1ccc(CN(C)C(=O)CN2CCC[C@@H](CC(=O)O)CC2)cc1. The van der Waals surface area contributed by atoms with Gasteiger partial charge in [0.15, 0.2) is 0 Å². The van der Waals surface area contributed by atoms with E-state index in [2.05, 4.69) is 4.90 Å². The van der Waals surface area contributed by atoms with E-state index < -0.39 is 5.97 Å². The predicted octanol–water partition coefficient (Wildman–Crippen LogP) is 2.23. The average molecular weight is 348 g/mol. The van der Waals surface area contributed by atoms with Crippen molar-refractivity contribution in [3.05, 3.63) is 29.8 Å². The molecule has 6 heteroatoms. The van der Waals surface area contributed by atoms with Crippen molar-refractivity contribution in [2.24, 2.45) is 5.92 Å². The number of carbonyl (C=O) groups is 2. The second-order valence-electron chi connectivity index (χ2n) is 6.77. The number of carboxylic acid groups (broad SMARTS) is 1. The van der Waals surface area contributed by atoms with Crippen LogP contribution in [0.3, 0.4) is 0 Å². The molecule has 0 aromatic heterocycles. The molecule has 2 rings (SSSR count). The summed E-state index contributed by atoms with van der Waals surface area (Å²) >= 11 is 0. The second-order valence-corrected chi connectivity index (χ2v) is 6.77. The Kier molecular flexibility index (Phi) is 7.25. The lowest BCUT2D eigenvalue weighted by Crippen LogP contribution is -2.38. The molecule has 0 radical (unpaired) electrons. The molecule has 0 spiro atoms. The van der Waals surface area contributed by atoms with Crippen LogP contribution in [0.1, 0.15) is 31.2 Å². The van der Waals surface area contributed by atoms with E-state index in [0.717, 1.165) is 43.7 Å². The Hall–Kier alpha value is -2.08. The highest BCUT2D eigenvalue weighted by atomic mass is 16.5. The molecule has 138 valence electrons. The number of benzene rings is 1. The molecule has 1 aliphatic rings. The van der Waals surface area contributed by atoms with Crippen molar-refractivity contribution in [1.82, 2.24) is 9.80 Å². The van der Waals surface area contributed by atoms with Crippen LogP contribution in [0.15, 0.2) is 24.3 Å². The second kappa shape index (κ2) is 9.42. The summed E-state index contributed by atoms with van der Waals surface area (Å²) in [5.41, 5.74) is 1.06. The van der Waals surface area contributed by atoms with Gasteiger partial charge in [0, 0.05) is 20.0 Å². The number of hydrogen-bond acceptors (Lipinski definition) is 4. The number of likely N-dealkylation sites (N-methyl/N-ethyl adjacent to an activating group) is 1. The highest BCUT2D eigenvalue weighted by Gasteiger charge is 2.21. The van der Waals surface area contributed by atoms with Gasteiger partial charge in [-0.05, 0) is 56.0 Å². The first-order chi connectivity index (χ1) is 12.0. The van der Waals surface area contributed by atoms with Gasteiger partial charge < -0.3 is 14.7 Å². The number of likely N-dealkylation sites (tertiary alicyclic amines) is 1. The topological polar surface area (TPSA) is 70.1 Å². The van der Waals surface area contributed by atoms with Gasteiger partial charge in [-0.2, -0.15) is 0 Å². The summed E-state index contributed by atoms with van der Waals surface area (Å²) in [6.45, 7) is 2.61. The van der Waals surface area contributed by atoms with E-state index in [-0.39, 0.29) is 18.2 Å². The van der Waals surface area contributed by atoms with E-state index in [0.29, 0.717) is 13.1 Å². The molecule has 1 aromatic carbocycles. The van der Waals surface area contributed by atoms with Crippen LogP contribution in [0.5, 0.6) is 5.75 Å². The van der Waals surface area contributed by atoms with Crippen molar-refractivity contribution >= 4 is 11.9 Å². The third-order valence-corrected chi connectivity index (χ3v) is 4.77. The Bertz CT molecular complexity index is 573. The third kappa shape index (κ3) is 6.38. The molecule has 0 bridgehead atoms. The van der Waals surface area contributed by atoms with Crippen molar-refractivity contribution < 1.29 is 19.4 Å². The first-order valence-electron chi connectivity index (χ1n) is 8.79. The van der Waals surface area contributed by atoms with Gasteiger partial charge in [0.25, 0.3) is 0 Å². The van der Waals surface area contributed by atoms with Gasteiger partial charge in [-0.15, -0.1) is 0 Å². The summed E-state index contributed by atoms with van der Waals surface area (Å²) in [6, 6.07) is 7.71. The first-order valence-corrected chi connectivity index (χ1v) is 8.79. The fourth-order valence-electron chi connectivity index (χ4n) is 3.24. The number of rotatable bonds is 7. The van der Waals surface area contributed by atoms with Crippen LogP contribution in [0.25, 0.3) is 0 Å². The maximum atomic E-state index is 12.5. The number of methoxy groups -OCH3 is 1. The van der Waals surface area contributed by atoms with E-state index in [1.165, 1.54) is 0 Å². The molecular weight excluding hydrogens is 320 g/mol. The van der Waals surface area contributed by atoms with Crippen LogP contribution >= 0.6 is 0 Å². The molecular formula is C19H28N2O4. The Balaban J connectivity index is 1.80. The zero-order valence-corrected chi connectivity index (χ0v) is 15.1. The van der Waals surface area contributed by atoms with Crippen molar-refractivity contribution in [1.29, 1.82) is 0 Å². The van der Waals surface area contributed by atoms with Crippen LogP contribution in [0.2, 0.25) is 0 Å². The van der Waals surface area contributed by atoms with Crippen LogP contribution in [0, 0.1) is 5.92 Å². The molecule has 25 heavy (non-hydrogen) atoms. The maximum Gasteiger partial charge on any atom is 0.303 e. The lowest BCUT2D eigenvalue weighted by atomic mass is 9.97. The highest BCUT2D eigenvalue weighted by Crippen LogP contribution is 2.20. The Labute approximate surface area is 149 Å². The summed E-state index contributed by atoms with van der Waals surface area (Å²) in [6.07, 6.45) is 2.97. The Morgan fingerprint density at radius 2 is 1.96 bits per heavy atom. The Morgan fingerprint density at radius 1 is 1.24 bits per heavy atom. The third-order valence-electron chi connectivity index (χ3n) is 4.77. The number of ether oxygens (including phenoxy) is 1. The van der Waals surface area contributed by atoms with Gasteiger partial charge in [-0.3, -0.25) is 14.5 Å². The number of amides is 1. The lowest BCUT2D eigenvalue weighted by molar-refractivity contribution is -0.138. The standard InChI is InChI=1S/C19H28N2O4/c1-20(13-16-5-7-17(25-2)8-6-16)18(22)14-21-10-3-4-15(9-11-21)12-19(23)24/h5-8,15H,3-4,9-14H2,1-2H3,(H,23,24)/t15-/m1/s1. The van der Waals surface area contributed by atoms with E-state index in [1.54, 1.807) is 12.0 Å². The fraction of sp³-hybridized carbons (Fsp3) is 0.579. The minimum absolute atomic E-state index is 0.0903. The van der Waals surface area contributed by atoms with Crippen molar-refractivity contribution in [2.45, 2.75) is 32.2 Å². The summed E-state index contributed by atoms with van der Waals surface area (Å²) in [5, 5.41) is 8.93. The quantitative estimate of drug-likeness (QED) is 0.818. The summed E-state index contributed by atoms with van der Waals surface area (Å²) < 4.78 is 5.14. The number of carbonyl (C=O) groups excluding carboxylic acids is 1. The van der Waals surface area contributed by atoms with Crippen LogP contribution < -0.4 is 4.74 Å². The molecule has 0 aliphatic carbocycles. The molecule has 0 saturated carbocycles. The van der Waals surface area contributed by atoms with E-state index >= 15 is 0 Å². The number of aliphatic carboxylic acids is 1. The monoisotopic (exact) mass is 348 g/mol. The molecule has 0 unspecified atom stereocenters. The van der Waals surface area contributed by atoms with Gasteiger partial charge in [-0.25, -0.2) is 0 Å². The Morgan fingerprint density at radius 3 is 2.60 bits per heavy atom. The van der Waals surface area contributed by atoms with Crippen molar-refractivity contribution in [2.75, 3.05) is 33.8 Å². The highest BCUT2D eigenvalue weighted by molar-refractivity contribution is 5.78. The van der Waals surface area contributed by atoms with Crippen molar-refractivity contribution in [3.63, 3.8) is 0 Å².